The molecule has 0 fully saturated rings. The van der Waals surface area contributed by atoms with Gasteiger partial charge in [-0.25, -0.2) is 4.21 Å². The molecule has 1 atom stereocenters. The summed E-state index contributed by atoms with van der Waals surface area (Å²) in [6.45, 7) is 0. The Labute approximate surface area is 136 Å². The summed E-state index contributed by atoms with van der Waals surface area (Å²) in [7, 11) is 0. The molecular formula is C12H11F2N3O2S3. The number of benzene rings is 1. The largest absolute Gasteiger partial charge is 0.289 e. The van der Waals surface area contributed by atoms with Crippen LogP contribution in [0.25, 0.3) is 10.6 Å². The van der Waals surface area contributed by atoms with Gasteiger partial charge in [-0.1, -0.05) is 23.1 Å². The van der Waals surface area contributed by atoms with Crippen molar-refractivity contribution in [1.82, 2.24) is 10.2 Å². The van der Waals surface area contributed by atoms with E-state index in [1.54, 1.807) is 24.3 Å². The minimum atomic E-state index is -2.11. The fraction of sp³-hybridized carbons (Fsp3) is 0.167. The maximum Gasteiger partial charge on any atom is 0.266 e. The molecule has 0 saturated carbocycles. The summed E-state index contributed by atoms with van der Waals surface area (Å²) in [5, 5.41) is 8.74. The van der Waals surface area contributed by atoms with Crippen molar-refractivity contribution in [3.8, 4) is 10.6 Å². The highest BCUT2D eigenvalue weighted by Gasteiger charge is 2.07. The van der Waals surface area contributed by atoms with E-state index < -0.39 is 17.3 Å². The second kappa shape index (κ2) is 8.32. The molecule has 2 N–H and O–H groups in total. The van der Waals surface area contributed by atoms with Crippen LogP contribution in [-0.4, -0.2) is 24.7 Å². The summed E-state index contributed by atoms with van der Waals surface area (Å²) in [5.74, 6) is 0.511. The van der Waals surface area contributed by atoms with E-state index in [0.717, 1.165) is 11.6 Å². The Morgan fingerprint density at radius 1 is 1.36 bits per heavy atom. The zero-order valence-corrected chi connectivity index (χ0v) is 13.5. The number of thioether (sulfide) groups is 1. The van der Waals surface area contributed by atoms with Gasteiger partial charge >= 0.3 is 0 Å². The first-order valence-corrected chi connectivity index (χ1v) is 8.91. The maximum absolute atomic E-state index is 11.9. The van der Waals surface area contributed by atoms with Crippen molar-refractivity contribution < 1.29 is 17.5 Å². The second-order valence-corrected chi connectivity index (χ2v) is 6.95. The molecule has 2 rings (SSSR count). The number of nitrogens with zero attached hydrogens (tertiary/aromatic N) is 2. The van der Waals surface area contributed by atoms with Crippen LogP contribution in [0.5, 0.6) is 0 Å². The molecule has 0 amide bonds. The lowest BCUT2D eigenvalue weighted by atomic mass is 10.2. The van der Waals surface area contributed by atoms with Gasteiger partial charge in [0, 0.05) is 17.0 Å². The molecule has 5 nitrogen and oxygen atoms in total. The first kappa shape index (κ1) is 17.0. The number of anilines is 1. The Morgan fingerprint density at radius 2 is 2.09 bits per heavy atom. The lowest BCUT2D eigenvalue weighted by Crippen LogP contribution is -2.01. The van der Waals surface area contributed by atoms with E-state index in [-0.39, 0.29) is 6.42 Å². The van der Waals surface area contributed by atoms with Crippen LogP contribution in [0.1, 0.15) is 6.42 Å². The fourth-order valence-corrected chi connectivity index (χ4v) is 3.63. The number of hydrogen-bond donors (Lipinski definition) is 2. The second-order valence-electron chi connectivity index (χ2n) is 3.93. The predicted molar refractivity (Wildman–Crippen MR) is 85.4 cm³/mol. The van der Waals surface area contributed by atoms with Crippen LogP contribution in [0.15, 0.2) is 40.8 Å². The quantitative estimate of drug-likeness (QED) is 0.441. The summed E-state index contributed by atoms with van der Waals surface area (Å²) >= 11 is 0.630. The van der Waals surface area contributed by atoms with E-state index in [2.05, 4.69) is 14.9 Å². The Morgan fingerprint density at radius 3 is 2.73 bits per heavy atom. The molecule has 0 aliphatic rings. The van der Waals surface area contributed by atoms with Gasteiger partial charge in [-0.05, 0) is 36.8 Å². The maximum atomic E-state index is 11.9. The highest BCUT2D eigenvalue weighted by molar-refractivity contribution is 8.01. The molecule has 0 aliphatic heterocycles. The molecule has 1 aromatic carbocycles. The van der Waals surface area contributed by atoms with Crippen LogP contribution in [0.4, 0.5) is 14.5 Å². The monoisotopic (exact) mass is 363 g/mol. The predicted octanol–water partition coefficient (Wildman–Crippen LogP) is 4.02. The van der Waals surface area contributed by atoms with Crippen molar-refractivity contribution in [3.05, 3.63) is 36.4 Å². The zero-order chi connectivity index (χ0) is 15.9. The van der Waals surface area contributed by atoms with Gasteiger partial charge < -0.3 is 0 Å². The Hall–Kier alpha value is -1.36. The molecule has 22 heavy (non-hydrogen) atoms. The van der Waals surface area contributed by atoms with Crippen LogP contribution in [0, 0.1) is 0 Å². The SMILES string of the molecule is O=S(O)Nc1ccc(-c2nnc(SCCC=C(F)F)s2)cc1. The smallest absolute Gasteiger partial charge is 0.266 e. The highest BCUT2D eigenvalue weighted by atomic mass is 32.2. The molecule has 0 aliphatic carbocycles. The van der Waals surface area contributed by atoms with Gasteiger partial charge in [0.2, 0.25) is 0 Å². The van der Waals surface area contributed by atoms with Gasteiger partial charge in [0.15, 0.2) is 4.34 Å². The number of aromatic nitrogens is 2. The third-order valence-corrected chi connectivity index (χ3v) is 4.93. The van der Waals surface area contributed by atoms with Gasteiger partial charge in [-0.3, -0.25) is 9.27 Å². The van der Waals surface area contributed by atoms with Crippen LogP contribution in [0.3, 0.4) is 0 Å². The molecular weight excluding hydrogens is 352 g/mol. The summed E-state index contributed by atoms with van der Waals surface area (Å²) in [6, 6.07) is 6.83. The summed E-state index contributed by atoms with van der Waals surface area (Å²) in [5.41, 5.74) is 1.34. The van der Waals surface area contributed by atoms with Gasteiger partial charge in [0.25, 0.3) is 17.3 Å². The van der Waals surface area contributed by atoms with Gasteiger partial charge in [-0.2, -0.15) is 8.78 Å². The normalized spacial score (nSPS) is 12.0. The van der Waals surface area contributed by atoms with Crippen molar-refractivity contribution >= 4 is 40.1 Å². The van der Waals surface area contributed by atoms with E-state index in [1.165, 1.54) is 23.1 Å². The van der Waals surface area contributed by atoms with Gasteiger partial charge in [0.1, 0.15) is 5.01 Å². The van der Waals surface area contributed by atoms with Crippen molar-refractivity contribution in [2.45, 2.75) is 10.8 Å². The van der Waals surface area contributed by atoms with E-state index in [9.17, 15) is 13.0 Å². The van der Waals surface area contributed by atoms with Gasteiger partial charge in [-0.15, -0.1) is 10.2 Å². The zero-order valence-electron chi connectivity index (χ0n) is 11.0. The van der Waals surface area contributed by atoms with E-state index in [4.69, 9.17) is 4.55 Å². The first-order chi connectivity index (χ1) is 10.5. The molecule has 1 heterocycles. The average molecular weight is 363 g/mol. The molecule has 0 bridgehead atoms. The summed E-state index contributed by atoms with van der Waals surface area (Å²) in [4.78, 5) is 0. The number of halogens is 2. The van der Waals surface area contributed by atoms with Gasteiger partial charge in [0.05, 0.1) is 0 Å². The average Bonchev–Trinajstić information content (AvgIpc) is 2.92. The molecule has 10 heteroatoms. The molecule has 118 valence electrons. The lowest BCUT2D eigenvalue weighted by Gasteiger charge is -2.01. The van der Waals surface area contributed by atoms with Crippen molar-refractivity contribution in [2.75, 3.05) is 10.5 Å². The van der Waals surface area contributed by atoms with Crippen molar-refractivity contribution in [3.63, 3.8) is 0 Å². The molecule has 0 saturated heterocycles. The number of allylic oxidation sites excluding steroid dienone is 1. The Bertz CT molecular complexity index is 673. The standard InChI is InChI=1S/C12H11F2N3O2S3/c13-10(14)2-1-7-20-12-16-15-11(21-12)8-3-5-9(6-4-8)17-22(18)19/h2-6,17H,1,7H2,(H,18,19). The minimum Gasteiger partial charge on any atom is -0.289 e. The van der Waals surface area contributed by atoms with E-state index in [1.807, 2.05) is 0 Å². The van der Waals surface area contributed by atoms with E-state index >= 15 is 0 Å². The molecule has 1 unspecified atom stereocenters. The van der Waals surface area contributed by atoms with E-state index in [0.29, 0.717) is 20.8 Å². The van der Waals surface area contributed by atoms with Crippen LogP contribution in [-0.2, 0) is 11.3 Å². The molecule has 0 spiro atoms. The first-order valence-electron chi connectivity index (χ1n) is 6.00. The minimum absolute atomic E-state index is 0.278. The fourth-order valence-electron chi connectivity index (χ4n) is 1.48. The third-order valence-electron chi connectivity index (χ3n) is 2.39. The van der Waals surface area contributed by atoms with Crippen LogP contribution >= 0.6 is 23.1 Å². The van der Waals surface area contributed by atoms with Crippen LogP contribution < -0.4 is 4.72 Å². The Balaban J connectivity index is 1.95. The molecule has 1 aromatic heterocycles. The highest BCUT2D eigenvalue weighted by Crippen LogP contribution is 2.30. The summed E-state index contributed by atoms with van der Waals surface area (Å²) in [6.07, 6.45) is -0.511. The number of hydrogen-bond acceptors (Lipinski definition) is 5. The molecule has 2 aromatic rings. The van der Waals surface area contributed by atoms with Crippen molar-refractivity contribution in [1.29, 1.82) is 0 Å². The van der Waals surface area contributed by atoms with Crippen molar-refractivity contribution in [2.24, 2.45) is 0 Å². The third kappa shape index (κ3) is 5.44. The lowest BCUT2D eigenvalue weighted by molar-refractivity contribution is 0.418. The number of nitrogens with one attached hydrogen (secondary N) is 1. The molecule has 0 radical (unpaired) electrons. The Kier molecular flexibility index (Phi) is 6.43. The number of rotatable bonds is 7. The topological polar surface area (TPSA) is 75.1 Å². The summed E-state index contributed by atoms with van der Waals surface area (Å²) < 4.78 is 46.2. The van der Waals surface area contributed by atoms with Crippen LogP contribution in [0.2, 0.25) is 0 Å².